The van der Waals surface area contributed by atoms with E-state index in [1.807, 2.05) is 13.0 Å². The van der Waals surface area contributed by atoms with E-state index in [0.29, 0.717) is 29.7 Å². The molecule has 0 saturated carbocycles. The maximum Gasteiger partial charge on any atom is 0.407 e. The molecule has 2 fully saturated rings. The quantitative estimate of drug-likeness (QED) is 0.748. The largest absolute Gasteiger partial charge is 0.465 e. The van der Waals surface area contributed by atoms with E-state index in [1.54, 1.807) is 18.5 Å². The van der Waals surface area contributed by atoms with Crippen molar-refractivity contribution >= 4 is 28.7 Å². The fraction of sp³-hybridized carbons (Fsp3) is 0.500. The summed E-state index contributed by atoms with van der Waals surface area (Å²) in [5.41, 5.74) is 0.796. The lowest BCUT2D eigenvalue weighted by Crippen LogP contribution is -2.48. The fourth-order valence-electron chi connectivity index (χ4n) is 4.56. The Morgan fingerprint density at radius 1 is 1.25 bits per heavy atom. The first-order chi connectivity index (χ1) is 15.3. The van der Waals surface area contributed by atoms with Crippen molar-refractivity contribution in [3.05, 3.63) is 30.1 Å². The summed E-state index contributed by atoms with van der Waals surface area (Å²) < 4.78 is 15.1. The lowest BCUT2D eigenvalue weighted by Gasteiger charge is -2.34. The topological polar surface area (TPSA) is 122 Å². The van der Waals surface area contributed by atoms with Gasteiger partial charge >= 0.3 is 6.09 Å². The normalized spacial score (nSPS) is 22.5. The van der Waals surface area contributed by atoms with Crippen LogP contribution in [0.5, 0.6) is 0 Å². The third-order valence-corrected chi connectivity index (χ3v) is 6.43. The van der Waals surface area contributed by atoms with Gasteiger partial charge in [0.2, 0.25) is 5.91 Å². The SMILES string of the molecule is CC1CN(c2ccc(C#N)c3nccnc23)CC1NC(=O)CC1(F)CCN(C(=O)O)CC1. The molecular formula is C22H25FN6O3. The van der Waals surface area contributed by atoms with E-state index >= 15 is 4.39 Å². The summed E-state index contributed by atoms with van der Waals surface area (Å²) in [7, 11) is 0. The number of carbonyl (C=O) groups is 2. The number of fused-ring (bicyclic) bond motifs is 1. The number of likely N-dealkylation sites (tertiary alicyclic amines) is 1. The molecule has 2 aromatic rings. The van der Waals surface area contributed by atoms with Crippen molar-refractivity contribution in [2.75, 3.05) is 31.1 Å². The van der Waals surface area contributed by atoms with Gasteiger partial charge in [-0.3, -0.25) is 14.8 Å². The predicted octanol–water partition coefficient (Wildman–Crippen LogP) is 2.31. The first-order valence-electron chi connectivity index (χ1n) is 10.6. The lowest BCUT2D eigenvalue weighted by molar-refractivity contribution is -0.125. The zero-order valence-electron chi connectivity index (χ0n) is 17.8. The molecule has 2 aliphatic rings. The summed E-state index contributed by atoms with van der Waals surface area (Å²) in [4.78, 5) is 35.6. The Morgan fingerprint density at radius 2 is 1.94 bits per heavy atom. The number of rotatable bonds is 4. The van der Waals surface area contributed by atoms with E-state index in [0.717, 1.165) is 5.69 Å². The van der Waals surface area contributed by atoms with Crippen molar-refractivity contribution in [3.8, 4) is 6.07 Å². The van der Waals surface area contributed by atoms with Gasteiger partial charge in [0.1, 0.15) is 22.8 Å². The number of amides is 2. The van der Waals surface area contributed by atoms with Crippen molar-refractivity contribution in [2.45, 2.75) is 37.9 Å². The highest BCUT2D eigenvalue weighted by Gasteiger charge is 2.39. The highest BCUT2D eigenvalue weighted by Crippen LogP contribution is 2.32. The molecule has 32 heavy (non-hydrogen) atoms. The minimum atomic E-state index is -1.68. The molecule has 1 aromatic carbocycles. The second-order valence-corrected chi connectivity index (χ2v) is 8.65. The summed E-state index contributed by atoms with van der Waals surface area (Å²) in [6.07, 6.45) is 1.86. The summed E-state index contributed by atoms with van der Waals surface area (Å²) in [6.45, 7) is 3.44. The number of anilines is 1. The third kappa shape index (κ3) is 4.28. The summed E-state index contributed by atoms with van der Waals surface area (Å²) >= 11 is 0. The van der Waals surface area contributed by atoms with Gasteiger partial charge in [0.25, 0.3) is 0 Å². The highest BCUT2D eigenvalue weighted by molar-refractivity contribution is 5.92. The van der Waals surface area contributed by atoms with Gasteiger partial charge in [-0.25, -0.2) is 9.18 Å². The second-order valence-electron chi connectivity index (χ2n) is 8.65. The molecular weight excluding hydrogens is 415 g/mol. The van der Waals surface area contributed by atoms with E-state index in [4.69, 9.17) is 5.11 Å². The smallest absolute Gasteiger partial charge is 0.407 e. The summed E-state index contributed by atoms with van der Waals surface area (Å²) in [5, 5.41) is 21.3. The maximum absolute atomic E-state index is 15.1. The van der Waals surface area contributed by atoms with Crippen LogP contribution in [0.1, 0.15) is 31.7 Å². The van der Waals surface area contributed by atoms with Crippen molar-refractivity contribution in [3.63, 3.8) is 0 Å². The standard InChI is InChI=1S/C22H25FN6O3/c1-14-12-29(17-3-2-15(11-24)19-20(17)26-7-6-25-19)13-16(14)27-18(30)10-22(23)4-8-28(9-5-22)21(31)32/h2-3,6-7,14,16H,4-5,8-10,12-13H2,1H3,(H,27,30)(H,31,32). The zero-order chi connectivity index (χ0) is 22.9. The average molecular weight is 440 g/mol. The van der Waals surface area contributed by atoms with Crippen LogP contribution in [0.15, 0.2) is 24.5 Å². The summed E-state index contributed by atoms with van der Waals surface area (Å²) in [6, 6.07) is 5.54. The molecule has 9 nitrogen and oxygen atoms in total. The van der Waals surface area contributed by atoms with Crippen LogP contribution in [0.4, 0.5) is 14.9 Å². The minimum absolute atomic E-state index is 0.0228. The molecule has 2 saturated heterocycles. The number of hydrogen-bond acceptors (Lipinski definition) is 6. The Hall–Kier alpha value is -3.48. The third-order valence-electron chi connectivity index (χ3n) is 6.43. The first kappa shape index (κ1) is 21.7. The molecule has 0 bridgehead atoms. The molecule has 2 atom stereocenters. The average Bonchev–Trinajstić information content (AvgIpc) is 3.12. The zero-order valence-corrected chi connectivity index (χ0v) is 17.8. The molecule has 3 heterocycles. The maximum atomic E-state index is 15.1. The lowest BCUT2D eigenvalue weighted by atomic mass is 9.89. The molecule has 2 unspecified atom stereocenters. The number of carbonyl (C=O) groups excluding carboxylic acids is 1. The van der Waals surface area contributed by atoms with Crippen LogP contribution in [0.3, 0.4) is 0 Å². The molecule has 1 aromatic heterocycles. The molecule has 0 radical (unpaired) electrons. The van der Waals surface area contributed by atoms with Crippen LogP contribution >= 0.6 is 0 Å². The Morgan fingerprint density at radius 3 is 2.59 bits per heavy atom. The van der Waals surface area contributed by atoms with Crippen molar-refractivity contribution in [1.29, 1.82) is 5.26 Å². The number of nitrogens with one attached hydrogen (secondary N) is 1. The minimum Gasteiger partial charge on any atom is -0.465 e. The number of piperidine rings is 1. The molecule has 0 spiro atoms. The van der Waals surface area contributed by atoms with Gasteiger partial charge in [0.15, 0.2) is 0 Å². The monoisotopic (exact) mass is 440 g/mol. The van der Waals surface area contributed by atoms with E-state index in [-0.39, 0.29) is 50.2 Å². The number of aromatic nitrogens is 2. The van der Waals surface area contributed by atoms with Gasteiger partial charge in [-0.15, -0.1) is 0 Å². The van der Waals surface area contributed by atoms with E-state index in [2.05, 4.69) is 26.3 Å². The Bertz CT molecular complexity index is 1080. The molecule has 168 valence electrons. The van der Waals surface area contributed by atoms with Gasteiger partial charge in [-0.2, -0.15) is 5.26 Å². The molecule has 0 aliphatic carbocycles. The first-order valence-corrected chi connectivity index (χ1v) is 10.6. The molecule has 2 aliphatic heterocycles. The van der Waals surface area contributed by atoms with Crippen LogP contribution in [-0.4, -0.2) is 69.9 Å². The van der Waals surface area contributed by atoms with Crippen LogP contribution in [0, 0.1) is 17.2 Å². The van der Waals surface area contributed by atoms with Crippen molar-refractivity contribution in [2.24, 2.45) is 5.92 Å². The van der Waals surface area contributed by atoms with Gasteiger partial charge in [-0.05, 0) is 30.9 Å². The van der Waals surface area contributed by atoms with Gasteiger partial charge in [0.05, 0.1) is 23.7 Å². The number of benzene rings is 1. The molecule has 2 N–H and O–H groups in total. The Balaban J connectivity index is 1.41. The number of nitrogens with zero attached hydrogens (tertiary/aromatic N) is 5. The van der Waals surface area contributed by atoms with Gasteiger partial charge in [0, 0.05) is 38.6 Å². The Labute approximate surface area is 184 Å². The summed E-state index contributed by atoms with van der Waals surface area (Å²) in [5.74, 6) is -0.231. The number of alkyl halides is 1. The van der Waals surface area contributed by atoms with Crippen LogP contribution < -0.4 is 10.2 Å². The van der Waals surface area contributed by atoms with Crippen molar-refractivity contribution < 1.29 is 19.1 Å². The van der Waals surface area contributed by atoms with Crippen LogP contribution in [0.2, 0.25) is 0 Å². The van der Waals surface area contributed by atoms with Crippen LogP contribution in [-0.2, 0) is 4.79 Å². The number of carboxylic acid groups (broad SMARTS) is 1. The molecule has 10 heteroatoms. The second kappa shape index (κ2) is 8.57. The molecule has 2 amide bonds. The predicted molar refractivity (Wildman–Crippen MR) is 115 cm³/mol. The number of hydrogen-bond donors (Lipinski definition) is 2. The highest BCUT2D eigenvalue weighted by atomic mass is 19.1. The fourth-order valence-corrected chi connectivity index (χ4v) is 4.56. The van der Waals surface area contributed by atoms with Crippen molar-refractivity contribution in [1.82, 2.24) is 20.2 Å². The van der Waals surface area contributed by atoms with E-state index in [9.17, 15) is 14.9 Å². The van der Waals surface area contributed by atoms with Crippen LogP contribution in [0.25, 0.3) is 11.0 Å². The van der Waals surface area contributed by atoms with E-state index < -0.39 is 11.8 Å². The Kier molecular flexibility index (Phi) is 5.82. The van der Waals surface area contributed by atoms with Gasteiger partial charge in [-0.1, -0.05) is 6.92 Å². The van der Waals surface area contributed by atoms with E-state index in [1.165, 1.54) is 4.90 Å². The number of nitriles is 1. The number of halogens is 1. The molecule has 4 rings (SSSR count). The van der Waals surface area contributed by atoms with Gasteiger partial charge < -0.3 is 20.2 Å².